The monoisotopic (exact) mass is 846 g/mol. The van der Waals surface area contributed by atoms with E-state index in [9.17, 15) is 0 Å². The smallest absolute Gasteiger partial charge is 0.164 e. The van der Waals surface area contributed by atoms with Crippen molar-refractivity contribution in [2.75, 3.05) is 0 Å². The second kappa shape index (κ2) is 18.1. The standard InChI is InChI=1S/C60H42N6/c1-5-17-41(18-6-1)42-33-35-46(36-34-42)58-62-57(45-23-11-4-12-24-45)65-60(66-58)54-32-16-30-52(40-54)50-28-14-26-48(38-50)47-25-13-27-49(37-47)51-29-15-31-53(39-51)59-63-55(43-19-7-2-8-20-43)61-56(64-59)44-21-9-3-10-22-44/h1-40,57H,(H,62,65,66). The van der Waals surface area contributed by atoms with E-state index in [2.05, 4.69) is 163 Å². The van der Waals surface area contributed by atoms with Crippen LogP contribution in [-0.4, -0.2) is 26.6 Å². The van der Waals surface area contributed by atoms with Gasteiger partial charge in [0.05, 0.1) is 0 Å². The van der Waals surface area contributed by atoms with Crippen LogP contribution in [0.5, 0.6) is 0 Å². The average molecular weight is 847 g/mol. The predicted octanol–water partition coefficient (Wildman–Crippen LogP) is 14.0. The van der Waals surface area contributed by atoms with Crippen LogP contribution in [-0.2, 0) is 0 Å². The van der Waals surface area contributed by atoms with Gasteiger partial charge in [0, 0.05) is 27.8 Å². The Labute approximate surface area is 384 Å². The summed E-state index contributed by atoms with van der Waals surface area (Å²) in [5.74, 6) is 3.37. The van der Waals surface area contributed by atoms with E-state index in [1.807, 2.05) is 84.9 Å². The number of benzene rings is 9. The van der Waals surface area contributed by atoms with E-state index >= 15 is 0 Å². The first kappa shape index (κ1) is 39.9. The summed E-state index contributed by atoms with van der Waals surface area (Å²) in [5.41, 5.74) is 14.8. The topological polar surface area (TPSA) is 75.4 Å². The van der Waals surface area contributed by atoms with Crippen molar-refractivity contribution in [1.29, 1.82) is 0 Å². The Balaban J connectivity index is 0.891. The quantitative estimate of drug-likeness (QED) is 0.149. The van der Waals surface area contributed by atoms with E-state index in [1.165, 1.54) is 5.56 Å². The molecule has 0 spiro atoms. The molecular formula is C60H42N6. The molecule has 6 nitrogen and oxygen atoms in total. The first-order valence-corrected chi connectivity index (χ1v) is 22.1. The van der Waals surface area contributed by atoms with Crippen molar-refractivity contribution in [2.45, 2.75) is 6.17 Å². The maximum absolute atomic E-state index is 5.15. The second-order valence-corrected chi connectivity index (χ2v) is 16.2. The minimum Gasteiger partial charge on any atom is -0.344 e. The van der Waals surface area contributed by atoms with Gasteiger partial charge in [0.1, 0.15) is 12.0 Å². The zero-order chi connectivity index (χ0) is 44.1. The molecule has 1 atom stereocenters. The largest absolute Gasteiger partial charge is 0.344 e. The Kier molecular flexibility index (Phi) is 10.9. The summed E-state index contributed by atoms with van der Waals surface area (Å²) in [4.78, 5) is 25.1. The molecular weight excluding hydrogens is 805 g/mol. The zero-order valence-corrected chi connectivity index (χ0v) is 35.9. The molecule has 10 aromatic rings. The van der Waals surface area contributed by atoms with Gasteiger partial charge < -0.3 is 5.32 Å². The van der Waals surface area contributed by atoms with Crippen LogP contribution in [0, 0.1) is 0 Å². The Morgan fingerprint density at radius 3 is 1.09 bits per heavy atom. The number of nitrogens with zero attached hydrogens (tertiary/aromatic N) is 5. The van der Waals surface area contributed by atoms with Crippen molar-refractivity contribution in [2.24, 2.45) is 9.98 Å². The minimum absolute atomic E-state index is 0.293. The highest BCUT2D eigenvalue weighted by Crippen LogP contribution is 2.33. The predicted molar refractivity (Wildman–Crippen MR) is 270 cm³/mol. The van der Waals surface area contributed by atoms with Gasteiger partial charge in [0.25, 0.3) is 0 Å². The van der Waals surface area contributed by atoms with Crippen molar-refractivity contribution < 1.29 is 0 Å². The number of nitrogens with one attached hydrogen (secondary N) is 1. The molecule has 0 aliphatic carbocycles. The highest BCUT2D eigenvalue weighted by atomic mass is 15.2. The second-order valence-electron chi connectivity index (χ2n) is 16.2. The lowest BCUT2D eigenvalue weighted by Gasteiger charge is -2.24. The summed E-state index contributed by atoms with van der Waals surface area (Å²) in [5, 5.41) is 3.65. The molecule has 1 aromatic heterocycles. The molecule has 1 N–H and O–H groups in total. The molecule has 0 radical (unpaired) electrons. The van der Waals surface area contributed by atoms with Crippen molar-refractivity contribution >= 4 is 11.7 Å². The molecule has 0 bridgehead atoms. The van der Waals surface area contributed by atoms with Crippen LogP contribution in [0.25, 0.3) is 78.7 Å². The highest BCUT2D eigenvalue weighted by molar-refractivity contribution is 6.13. The number of aliphatic imine (C=N–C) groups is 2. The fourth-order valence-electron chi connectivity index (χ4n) is 8.35. The van der Waals surface area contributed by atoms with Gasteiger partial charge in [-0.05, 0) is 74.3 Å². The molecule has 312 valence electrons. The van der Waals surface area contributed by atoms with Crippen LogP contribution in [0.2, 0.25) is 0 Å². The summed E-state index contributed by atoms with van der Waals surface area (Å²) in [6.45, 7) is 0. The van der Waals surface area contributed by atoms with Crippen molar-refractivity contribution in [3.63, 3.8) is 0 Å². The van der Waals surface area contributed by atoms with E-state index < -0.39 is 0 Å². The van der Waals surface area contributed by atoms with Gasteiger partial charge >= 0.3 is 0 Å². The molecule has 6 heteroatoms. The van der Waals surface area contributed by atoms with Gasteiger partial charge in [0.2, 0.25) is 0 Å². The molecule has 11 rings (SSSR count). The van der Waals surface area contributed by atoms with E-state index in [4.69, 9.17) is 24.9 Å². The van der Waals surface area contributed by atoms with Crippen LogP contribution in [0.4, 0.5) is 0 Å². The normalized spacial score (nSPS) is 13.3. The van der Waals surface area contributed by atoms with E-state index in [0.717, 1.165) is 78.2 Å². The van der Waals surface area contributed by atoms with Crippen LogP contribution in [0.3, 0.4) is 0 Å². The Hall–Kier alpha value is -8.87. The first-order chi connectivity index (χ1) is 32.7. The number of rotatable bonds is 10. The number of aromatic nitrogens is 3. The van der Waals surface area contributed by atoms with Gasteiger partial charge in [0.15, 0.2) is 23.3 Å². The Bertz CT molecular complexity index is 3310. The lowest BCUT2D eigenvalue weighted by atomic mass is 9.95. The summed E-state index contributed by atoms with van der Waals surface area (Å²) >= 11 is 0. The summed E-state index contributed by atoms with van der Waals surface area (Å²) < 4.78 is 0. The van der Waals surface area contributed by atoms with Gasteiger partial charge in [-0.15, -0.1) is 0 Å². The van der Waals surface area contributed by atoms with Gasteiger partial charge in [-0.1, -0.05) is 218 Å². The van der Waals surface area contributed by atoms with Crippen molar-refractivity contribution in [1.82, 2.24) is 20.3 Å². The Morgan fingerprint density at radius 1 is 0.273 bits per heavy atom. The highest BCUT2D eigenvalue weighted by Gasteiger charge is 2.22. The third kappa shape index (κ3) is 8.59. The lowest BCUT2D eigenvalue weighted by molar-refractivity contribution is 0.674. The summed E-state index contributed by atoms with van der Waals surface area (Å²) in [7, 11) is 0. The minimum atomic E-state index is -0.293. The van der Waals surface area contributed by atoms with Crippen molar-refractivity contribution in [3.8, 4) is 78.7 Å². The Morgan fingerprint density at radius 2 is 0.606 bits per heavy atom. The molecule has 66 heavy (non-hydrogen) atoms. The zero-order valence-electron chi connectivity index (χ0n) is 35.9. The number of amidine groups is 2. The molecule has 1 aliphatic rings. The summed E-state index contributed by atoms with van der Waals surface area (Å²) in [6.07, 6.45) is -0.293. The number of hydrogen-bond donors (Lipinski definition) is 1. The van der Waals surface area contributed by atoms with E-state index in [1.54, 1.807) is 0 Å². The lowest BCUT2D eigenvalue weighted by Crippen LogP contribution is -2.33. The van der Waals surface area contributed by atoms with Gasteiger partial charge in [-0.25, -0.2) is 24.9 Å². The fraction of sp³-hybridized carbons (Fsp3) is 0.0167. The van der Waals surface area contributed by atoms with Crippen LogP contribution < -0.4 is 5.32 Å². The molecule has 9 aromatic carbocycles. The third-order valence-corrected chi connectivity index (χ3v) is 11.8. The molecule has 0 saturated carbocycles. The molecule has 0 fully saturated rings. The number of hydrogen-bond acceptors (Lipinski definition) is 6. The average Bonchev–Trinajstić information content (AvgIpc) is 3.42. The van der Waals surface area contributed by atoms with Gasteiger partial charge in [-0.3, -0.25) is 0 Å². The first-order valence-electron chi connectivity index (χ1n) is 22.1. The summed E-state index contributed by atoms with van der Waals surface area (Å²) in [6, 6.07) is 83.9. The van der Waals surface area contributed by atoms with Crippen LogP contribution >= 0.6 is 0 Å². The van der Waals surface area contributed by atoms with E-state index in [-0.39, 0.29) is 6.17 Å². The fourth-order valence-corrected chi connectivity index (χ4v) is 8.35. The molecule has 0 amide bonds. The van der Waals surface area contributed by atoms with Gasteiger partial charge in [-0.2, -0.15) is 0 Å². The maximum atomic E-state index is 5.15. The molecule has 1 aliphatic heterocycles. The van der Waals surface area contributed by atoms with Crippen LogP contribution in [0.15, 0.2) is 253 Å². The third-order valence-electron chi connectivity index (χ3n) is 11.8. The molecule has 1 unspecified atom stereocenters. The van der Waals surface area contributed by atoms with Crippen molar-refractivity contribution in [3.05, 3.63) is 259 Å². The maximum Gasteiger partial charge on any atom is 0.164 e. The SMILES string of the molecule is c1ccc(-c2ccc(C3=NC(c4ccccc4)NC(c4cccc(-c5cccc(-c6cccc(-c7cccc(-c8nc(-c9ccccc9)nc(-c9ccccc9)n8)c7)c6)c5)c4)=N3)cc2)cc1. The molecule has 2 heterocycles. The van der Waals surface area contributed by atoms with E-state index in [0.29, 0.717) is 23.3 Å². The van der Waals surface area contributed by atoms with Crippen LogP contribution in [0.1, 0.15) is 22.9 Å². The molecule has 0 saturated heterocycles.